The molecule has 0 rings (SSSR count). The van der Waals surface area contributed by atoms with Gasteiger partial charge in [0, 0.05) is 6.42 Å². The van der Waals surface area contributed by atoms with Crippen LogP contribution >= 0.6 is 0 Å². The summed E-state index contributed by atoms with van der Waals surface area (Å²) in [5.74, 6) is 3.12. The normalized spacial score (nSPS) is 8.89. The first-order valence-electron chi connectivity index (χ1n) is 2.25. The van der Waals surface area contributed by atoms with E-state index in [1.807, 2.05) is 5.92 Å². The van der Waals surface area contributed by atoms with Gasteiger partial charge in [0.25, 0.3) is 0 Å². The van der Waals surface area contributed by atoms with Crippen LogP contribution in [0.1, 0.15) is 13.3 Å². The minimum absolute atomic E-state index is 0. The summed E-state index contributed by atoms with van der Waals surface area (Å²) in [6.07, 6.45) is 0.265. The number of halogens is 3. The average molecular weight is 160 g/mol. The quantitative estimate of drug-likeness (QED) is 0.308. The molecule has 0 aromatic heterocycles. The van der Waals surface area contributed by atoms with E-state index in [-0.39, 0.29) is 57.8 Å². The van der Waals surface area contributed by atoms with E-state index in [9.17, 15) is 12.9 Å². The molecule has 0 aliphatic rings. The predicted octanol–water partition coefficient (Wildman–Crippen LogP) is -1.21. The van der Waals surface area contributed by atoms with E-state index in [1.54, 1.807) is 6.92 Å². The largest absolute Gasteiger partial charge is 1.00 e. The Labute approximate surface area is 95.1 Å². The van der Waals surface area contributed by atoms with Gasteiger partial charge in [0.2, 0.25) is 0 Å². The van der Waals surface area contributed by atoms with Gasteiger partial charge < -0.3 is 12.9 Å². The fourth-order valence-electron chi connectivity index (χ4n) is 0.218. The molecule has 0 nitrogen and oxygen atoms in total. The van der Waals surface area contributed by atoms with Crippen molar-refractivity contribution >= 4 is 6.98 Å². The zero-order valence-electron chi connectivity index (χ0n) is 5.42. The van der Waals surface area contributed by atoms with E-state index >= 15 is 0 Å². The maximum Gasteiger partial charge on any atom is 1.00 e. The molecule has 46 valence electrons. The van der Waals surface area contributed by atoms with E-state index in [1.165, 1.54) is 5.82 Å². The molecule has 0 unspecified atom stereocenters. The standard InChI is InChI=1S/C4H5BF3.K/c1-2-3-4-5(6,7)8;/h2H2,1H3;/q-1;+1. The Bertz CT molecular complexity index is 120. The second kappa shape index (κ2) is 5.81. The molecule has 0 amide bonds. The maximum absolute atomic E-state index is 11.1. The summed E-state index contributed by atoms with van der Waals surface area (Å²) < 4.78 is 33.4. The van der Waals surface area contributed by atoms with Gasteiger partial charge in [-0.2, -0.15) is 0 Å². The molecule has 5 heteroatoms. The van der Waals surface area contributed by atoms with Gasteiger partial charge in [0.15, 0.2) is 0 Å². The van der Waals surface area contributed by atoms with E-state index in [0.29, 0.717) is 0 Å². The van der Waals surface area contributed by atoms with Crippen molar-refractivity contribution in [3.8, 4) is 11.7 Å². The summed E-state index contributed by atoms with van der Waals surface area (Å²) in [5, 5.41) is 0. The molecule has 0 fully saturated rings. The van der Waals surface area contributed by atoms with Gasteiger partial charge in [-0.15, -0.1) is 5.92 Å². The van der Waals surface area contributed by atoms with Crippen LogP contribution in [0.25, 0.3) is 0 Å². The second-order valence-corrected chi connectivity index (χ2v) is 1.25. The van der Waals surface area contributed by atoms with E-state index < -0.39 is 6.98 Å². The van der Waals surface area contributed by atoms with Crippen molar-refractivity contribution < 1.29 is 64.3 Å². The molecule has 0 saturated carbocycles. The van der Waals surface area contributed by atoms with Crippen molar-refractivity contribution in [2.75, 3.05) is 0 Å². The van der Waals surface area contributed by atoms with Gasteiger partial charge in [0.1, 0.15) is 0 Å². The predicted molar refractivity (Wildman–Crippen MR) is 27.1 cm³/mol. The minimum Gasteiger partial charge on any atom is -0.438 e. The van der Waals surface area contributed by atoms with Gasteiger partial charge in [0.05, 0.1) is 0 Å². The van der Waals surface area contributed by atoms with Gasteiger partial charge in [-0.25, -0.2) is 5.82 Å². The number of hydrogen-bond acceptors (Lipinski definition) is 0. The Kier molecular flexibility index (Phi) is 8.20. The van der Waals surface area contributed by atoms with Crippen LogP contribution in [-0.2, 0) is 0 Å². The summed E-state index contributed by atoms with van der Waals surface area (Å²) in [5.41, 5.74) is 0. The fourth-order valence-corrected chi connectivity index (χ4v) is 0.218. The second-order valence-electron chi connectivity index (χ2n) is 1.25. The van der Waals surface area contributed by atoms with Crippen molar-refractivity contribution in [2.24, 2.45) is 0 Å². The first-order valence-corrected chi connectivity index (χ1v) is 2.25. The van der Waals surface area contributed by atoms with Gasteiger partial charge in [-0.1, -0.05) is 6.92 Å². The van der Waals surface area contributed by atoms with Crippen molar-refractivity contribution in [3.05, 3.63) is 0 Å². The number of hydrogen-bond donors (Lipinski definition) is 0. The Morgan fingerprint density at radius 1 is 1.33 bits per heavy atom. The molecule has 0 aliphatic heterocycles. The Morgan fingerprint density at radius 3 is 1.89 bits per heavy atom. The molecule has 0 aliphatic carbocycles. The monoisotopic (exact) mass is 160 g/mol. The molecule has 0 N–H and O–H groups in total. The van der Waals surface area contributed by atoms with Crippen LogP contribution in [0.15, 0.2) is 0 Å². The van der Waals surface area contributed by atoms with Crippen molar-refractivity contribution in [1.82, 2.24) is 0 Å². The molecule has 0 heterocycles. The fraction of sp³-hybridized carbons (Fsp3) is 0.500. The van der Waals surface area contributed by atoms with Crippen LogP contribution in [-0.4, -0.2) is 6.98 Å². The summed E-state index contributed by atoms with van der Waals surface area (Å²) >= 11 is 0. The molecule has 0 spiro atoms. The van der Waals surface area contributed by atoms with E-state index in [0.717, 1.165) is 0 Å². The van der Waals surface area contributed by atoms with Crippen molar-refractivity contribution in [2.45, 2.75) is 13.3 Å². The van der Waals surface area contributed by atoms with Crippen LogP contribution < -0.4 is 51.4 Å². The molecule has 0 atom stereocenters. The summed E-state index contributed by atoms with van der Waals surface area (Å²) in [4.78, 5) is 0. The van der Waals surface area contributed by atoms with Gasteiger partial charge in [-0.3, -0.25) is 0 Å². The third-order valence-electron chi connectivity index (χ3n) is 0.443. The van der Waals surface area contributed by atoms with Gasteiger partial charge in [-0.05, 0) is 0 Å². The molecule has 0 aromatic rings. The SMILES string of the molecule is CCC#C[B-](F)(F)F.[K+]. The molecule has 0 radical (unpaired) electrons. The van der Waals surface area contributed by atoms with Crippen LogP contribution in [0.2, 0.25) is 0 Å². The van der Waals surface area contributed by atoms with Gasteiger partial charge >= 0.3 is 58.4 Å². The van der Waals surface area contributed by atoms with Crippen LogP contribution in [0.5, 0.6) is 0 Å². The third-order valence-corrected chi connectivity index (χ3v) is 0.443. The first kappa shape index (κ1) is 12.7. The molecule has 0 bridgehead atoms. The Hall–Kier alpha value is 1.05. The van der Waals surface area contributed by atoms with E-state index in [4.69, 9.17) is 0 Å². The van der Waals surface area contributed by atoms with Crippen LogP contribution in [0, 0.1) is 11.7 Å². The average Bonchev–Trinajstić information content (AvgIpc) is 1.59. The topological polar surface area (TPSA) is 0 Å². The zero-order valence-corrected chi connectivity index (χ0v) is 8.54. The molecule has 0 saturated heterocycles. The summed E-state index contributed by atoms with van der Waals surface area (Å²) in [6.45, 7) is -3.28. The van der Waals surface area contributed by atoms with Crippen molar-refractivity contribution in [1.29, 1.82) is 0 Å². The van der Waals surface area contributed by atoms with Crippen LogP contribution in [0.4, 0.5) is 12.9 Å². The molecular formula is C4H5BF3K. The van der Waals surface area contributed by atoms with E-state index in [2.05, 4.69) is 0 Å². The number of rotatable bonds is 0. The molecule has 0 aromatic carbocycles. The zero-order chi connectivity index (χ0) is 6.62. The first-order chi connectivity index (χ1) is 3.56. The summed E-state index contributed by atoms with van der Waals surface area (Å²) in [6, 6.07) is 0. The third kappa shape index (κ3) is 12.3. The Morgan fingerprint density at radius 2 is 1.78 bits per heavy atom. The Balaban J connectivity index is 0. The smallest absolute Gasteiger partial charge is 0.438 e. The molecular weight excluding hydrogens is 155 g/mol. The molecule has 9 heavy (non-hydrogen) atoms. The van der Waals surface area contributed by atoms with Crippen molar-refractivity contribution in [3.63, 3.8) is 0 Å². The maximum atomic E-state index is 11.1. The summed E-state index contributed by atoms with van der Waals surface area (Å²) in [7, 11) is 0. The van der Waals surface area contributed by atoms with Crippen LogP contribution in [0.3, 0.4) is 0 Å². The minimum atomic E-state index is -4.86.